The van der Waals surface area contributed by atoms with E-state index in [1.165, 1.54) is 16.3 Å². The lowest BCUT2D eigenvalue weighted by Crippen LogP contribution is -2.33. The van der Waals surface area contributed by atoms with Crippen molar-refractivity contribution in [2.75, 3.05) is 13.2 Å². The fourth-order valence-corrected chi connectivity index (χ4v) is 2.74. The van der Waals surface area contributed by atoms with Crippen molar-refractivity contribution in [2.24, 2.45) is 0 Å². The number of likely N-dealkylation sites (N-methyl/N-ethyl adjacent to an activating group) is 1. The average molecular weight is 272 g/mol. The zero-order chi connectivity index (χ0) is 14.4. The molecular formula is C17H24N2O. The van der Waals surface area contributed by atoms with Gasteiger partial charge in [-0.2, -0.15) is 0 Å². The van der Waals surface area contributed by atoms with Gasteiger partial charge in [0, 0.05) is 24.4 Å². The van der Waals surface area contributed by atoms with Crippen LogP contribution in [0.2, 0.25) is 0 Å². The Morgan fingerprint density at radius 1 is 1.20 bits per heavy atom. The van der Waals surface area contributed by atoms with Crippen LogP contribution in [0.5, 0.6) is 0 Å². The fraction of sp³-hybridized carbons (Fsp3) is 0.471. The number of fused-ring (bicyclic) bond motifs is 1. The van der Waals surface area contributed by atoms with E-state index in [2.05, 4.69) is 55.3 Å². The monoisotopic (exact) mass is 272 g/mol. The number of aromatic nitrogens is 1. The van der Waals surface area contributed by atoms with Crippen molar-refractivity contribution in [3.05, 3.63) is 42.2 Å². The second-order valence-electron chi connectivity index (χ2n) is 4.88. The van der Waals surface area contributed by atoms with Crippen molar-refractivity contribution in [2.45, 2.75) is 39.3 Å². The topological polar surface area (TPSA) is 34.2 Å². The van der Waals surface area contributed by atoms with E-state index in [0.29, 0.717) is 0 Å². The van der Waals surface area contributed by atoms with Gasteiger partial charge in [-0.05, 0) is 36.9 Å². The summed E-state index contributed by atoms with van der Waals surface area (Å²) in [6.45, 7) is 8.04. The van der Waals surface area contributed by atoms with Crippen LogP contribution in [-0.2, 0) is 4.74 Å². The summed E-state index contributed by atoms with van der Waals surface area (Å²) in [5.74, 6) is 0. The number of pyridine rings is 1. The van der Waals surface area contributed by atoms with E-state index in [0.717, 1.165) is 19.6 Å². The SMILES string of the molecule is CCNC(c1cccc2cnccc12)C(CC)OCC. The lowest BCUT2D eigenvalue weighted by molar-refractivity contribution is 0.0322. The second kappa shape index (κ2) is 7.36. The quantitative estimate of drug-likeness (QED) is 0.834. The largest absolute Gasteiger partial charge is 0.377 e. The van der Waals surface area contributed by atoms with Gasteiger partial charge >= 0.3 is 0 Å². The highest BCUT2D eigenvalue weighted by Crippen LogP contribution is 2.28. The summed E-state index contributed by atoms with van der Waals surface area (Å²) in [6, 6.07) is 8.71. The molecule has 2 aromatic rings. The zero-order valence-corrected chi connectivity index (χ0v) is 12.6. The molecule has 0 spiro atoms. The number of ether oxygens (including phenoxy) is 1. The predicted molar refractivity (Wildman–Crippen MR) is 83.9 cm³/mol. The molecule has 1 aromatic carbocycles. The minimum Gasteiger partial charge on any atom is -0.377 e. The first-order valence-electron chi connectivity index (χ1n) is 7.49. The lowest BCUT2D eigenvalue weighted by Gasteiger charge is -2.28. The smallest absolute Gasteiger partial charge is 0.0767 e. The lowest BCUT2D eigenvalue weighted by atomic mass is 9.94. The molecular weight excluding hydrogens is 248 g/mol. The highest BCUT2D eigenvalue weighted by atomic mass is 16.5. The van der Waals surface area contributed by atoms with Crippen LogP contribution in [0.25, 0.3) is 10.8 Å². The van der Waals surface area contributed by atoms with Crippen LogP contribution in [0.1, 0.15) is 38.8 Å². The number of hydrogen-bond donors (Lipinski definition) is 1. The molecule has 0 fully saturated rings. The van der Waals surface area contributed by atoms with Crippen molar-refractivity contribution < 1.29 is 4.74 Å². The Balaban J connectivity index is 2.45. The summed E-state index contributed by atoms with van der Waals surface area (Å²) in [5, 5.41) is 6.02. The van der Waals surface area contributed by atoms with Crippen LogP contribution in [0.3, 0.4) is 0 Å². The number of nitrogens with zero attached hydrogens (tertiary/aromatic N) is 1. The number of benzene rings is 1. The zero-order valence-electron chi connectivity index (χ0n) is 12.6. The van der Waals surface area contributed by atoms with Gasteiger partial charge in [-0.15, -0.1) is 0 Å². The molecule has 0 aliphatic rings. The summed E-state index contributed by atoms with van der Waals surface area (Å²) < 4.78 is 5.93. The first-order valence-corrected chi connectivity index (χ1v) is 7.49. The van der Waals surface area contributed by atoms with Crippen molar-refractivity contribution in [3.63, 3.8) is 0 Å². The Hall–Kier alpha value is -1.45. The van der Waals surface area contributed by atoms with Gasteiger partial charge in [0.05, 0.1) is 12.1 Å². The molecule has 1 aromatic heterocycles. The molecule has 0 aliphatic carbocycles. The van der Waals surface area contributed by atoms with Crippen LogP contribution in [0.15, 0.2) is 36.7 Å². The fourth-order valence-electron chi connectivity index (χ4n) is 2.74. The van der Waals surface area contributed by atoms with Gasteiger partial charge in [-0.25, -0.2) is 0 Å². The normalized spacial score (nSPS) is 14.3. The molecule has 2 unspecified atom stereocenters. The molecule has 2 rings (SSSR count). The highest BCUT2D eigenvalue weighted by molar-refractivity contribution is 5.85. The van der Waals surface area contributed by atoms with Crippen LogP contribution in [0, 0.1) is 0 Å². The van der Waals surface area contributed by atoms with Gasteiger partial charge in [-0.1, -0.05) is 32.0 Å². The van der Waals surface area contributed by atoms with Gasteiger partial charge in [0.15, 0.2) is 0 Å². The standard InChI is InChI=1S/C17H24N2O/c1-4-16(20-6-3)17(19-5-2)15-9-7-8-13-12-18-11-10-14(13)15/h7-12,16-17,19H,4-6H2,1-3H3. The summed E-state index contributed by atoms with van der Waals surface area (Å²) >= 11 is 0. The summed E-state index contributed by atoms with van der Waals surface area (Å²) in [5.41, 5.74) is 1.30. The molecule has 0 aliphatic heterocycles. The van der Waals surface area contributed by atoms with E-state index >= 15 is 0 Å². The van der Waals surface area contributed by atoms with Gasteiger partial charge < -0.3 is 10.1 Å². The highest BCUT2D eigenvalue weighted by Gasteiger charge is 2.22. The molecule has 1 heterocycles. The van der Waals surface area contributed by atoms with Crippen LogP contribution < -0.4 is 5.32 Å². The predicted octanol–water partition coefficient (Wildman–Crippen LogP) is 3.70. The molecule has 0 radical (unpaired) electrons. The first kappa shape index (κ1) is 14.9. The molecule has 20 heavy (non-hydrogen) atoms. The average Bonchev–Trinajstić information content (AvgIpc) is 2.50. The molecule has 3 heteroatoms. The molecule has 2 atom stereocenters. The third-order valence-corrected chi connectivity index (χ3v) is 3.63. The molecule has 108 valence electrons. The van der Waals surface area contributed by atoms with Gasteiger partial charge in [0.1, 0.15) is 0 Å². The molecule has 0 saturated heterocycles. The maximum absolute atomic E-state index is 5.93. The molecule has 0 amide bonds. The molecule has 3 nitrogen and oxygen atoms in total. The van der Waals surface area contributed by atoms with E-state index in [4.69, 9.17) is 4.74 Å². The van der Waals surface area contributed by atoms with Crippen molar-refractivity contribution in [1.29, 1.82) is 0 Å². The Bertz CT molecular complexity index is 536. The van der Waals surface area contributed by atoms with Gasteiger partial charge in [0.2, 0.25) is 0 Å². The minimum atomic E-state index is 0.193. The third kappa shape index (κ3) is 3.17. The van der Waals surface area contributed by atoms with Gasteiger partial charge in [0.25, 0.3) is 0 Å². The van der Waals surface area contributed by atoms with E-state index in [-0.39, 0.29) is 12.1 Å². The van der Waals surface area contributed by atoms with E-state index in [1.807, 2.05) is 12.4 Å². The Kier molecular flexibility index (Phi) is 5.50. The van der Waals surface area contributed by atoms with Crippen molar-refractivity contribution in [1.82, 2.24) is 10.3 Å². The summed E-state index contributed by atoms with van der Waals surface area (Å²) in [4.78, 5) is 4.21. The Labute approximate surface area is 121 Å². The van der Waals surface area contributed by atoms with Crippen LogP contribution >= 0.6 is 0 Å². The number of nitrogens with one attached hydrogen (secondary N) is 1. The molecule has 0 saturated carbocycles. The van der Waals surface area contributed by atoms with Crippen molar-refractivity contribution >= 4 is 10.8 Å². The minimum absolute atomic E-state index is 0.193. The van der Waals surface area contributed by atoms with E-state index in [1.54, 1.807) is 0 Å². The summed E-state index contributed by atoms with van der Waals surface area (Å²) in [6.07, 6.45) is 4.96. The number of rotatable bonds is 7. The van der Waals surface area contributed by atoms with E-state index < -0.39 is 0 Å². The van der Waals surface area contributed by atoms with Crippen molar-refractivity contribution in [3.8, 4) is 0 Å². The second-order valence-corrected chi connectivity index (χ2v) is 4.88. The van der Waals surface area contributed by atoms with E-state index in [9.17, 15) is 0 Å². The molecule has 0 bridgehead atoms. The third-order valence-electron chi connectivity index (χ3n) is 3.63. The van der Waals surface area contributed by atoms with Crippen LogP contribution in [-0.4, -0.2) is 24.2 Å². The molecule has 1 N–H and O–H groups in total. The van der Waals surface area contributed by atoms with Gasteiger partial charge in [-0.3, -0.25) is 4.98 Å². The van der Waals surface area contributed by atoms with Crippen LogP contribution in [0.4, 0.5) is 0 Å². The first-order chi connectivity index (χ1) is 9.81. The Morgan fingerprint density at radius 3 is 2.75 bits per heavy atom. The maximum Gasteiger partial charge on any atom is 0.0767 e. The maximum atomic E-state index is 5.93. The Morgan fingerprint density at radius 2 is 2.05 bits per heavy atom. The summed E-state index contributed by atoms with van der Waals surface area (Å²) in [7, 11) is 0. The number of hydrogen-bond acceptors (Lipinski definition) is 3.